The molecule has 0 radical (unpaired) electrons. The minimum absolute atomic E-state index is 0.140. The fourth-order valence-electron chi connectivity index (χ4n) is 2.36. The van der Waals surface area contributed by atoms with Crippen LogP contribution in [0.4, 0.5) is 13.2 Å². The molecule has 110 valence electrons. The highest BCUT2D eigenvalue weighted by molar-refractivity contribution is 6.00. The fourth-order valence-corrected chi connectivity index (χ4v) is 2.36. The van der Waals surface area contributed by atoms with Crippen molar-refractivity contribution in [1.82, 2.24) is 0 Å². The Labute approximate surface area is 114 Å². The lowest BCUT2D eigenvalue weighted by Gasteiger charge is -2.14. The molecular weight excluding hydrogens is 271 g/mol. The Morgan fingerprint density at radius 3 is 2.60 bits per heavy atom. The third kappa shape index (κ3) is 3.02. The number of carbonyl (C=O) groups is 1. The molecule has 0 bridgehead atoms. The van der Waals surface area contributed by atoms with Gasteiger partial charge in [0.1, 0.15) is 6.10 Å². The molecule has 0 saturated carbocycles. The van der Waals surface area contributed by atoms with Gasteiger partial charge in [0.15, 0.2) is 5.78 Å². The normalized spacial score (nSPS) is 23.1. The minimum atomic E-state index is -4.40. The highest BCUT2D eigenvalue weighted by atomic mass is 19.4. The van der Waals surface area contributed by atoms with Crippen LogP contribution < -0.4 is 5.73 Å². The van der Waals surface area contributed by atoms with Crippen LogP contribution >= 0.6 is 0 Å². The van der Waals surface area contributed by atoms with Gasteiger partial charge in [-0.15, -0.1) is 0 Å². The number of hydrogen-bond donors (Lipinski definition) is 1. The van der Waals surface area contributed by atoms with Gasteiger partial charge in [0.25, 0.3) is 0 Å². The lowest BCUT2D eigenvalue weighted by molar-refractivity contribution is -0.137. The summed E-state index contributed by atoms with van der Waals surface area (Å²) < 4.78 is 43.2. The highest BCUT2D eigenvalue weighted by Gasteiger charge is 2.33. The van der Waals surface area contributed by atoms with Gasteiger partial charge in [-0.2, -0.15) is 13.2 Å². The van der Waals surface area contributed by atoms with E-state index in [-0.39, 0.29) is 17.5 Å². The number of rotatable bonds is 3. The van der Waals surface area contributed by atoms with Crippen LogP contribution in [0.15, 0.2) is 18.2 Å². The van der Waals surface area contributed by atoms with Gasteiger partial charge in [-0.25, -0.2) is 0 Å². The van der Waals surface area contributed by atoms with Crippen molar-refractivity contribution in [3.05, 3.63) is 34.9 Å². The number of alkyl halides is 3. The maximum atomic E-state index is 12.6. The van der Waals surface area contributed by atoms with E-state index in [1.54, 1.807) is 0 Å². The number of ketones is 1. The second-order valence-electron chi connectivity index (χ2n) is 4.95. The molecule has 1 heterocycles. The Kier molecular flexibility index (Phi) is 4.15. The molecule has 1 saturated heterocycles. The van der Waals surface area contributed by atoms with Crippen molar-refractivity contribution in [2.75, 3.05) is 6.54 Å². The van der Waals surface area contributed by atoms with E-state index in [2.05, 4.69) is 0 Å². The number of ether oxygens (including phenoxy) is 1. The van der Waals surface area contributed by atoms with Crippen molar-refractivity contribution < 1.29 is 22.7 Å². The summed E-state index contributed by atoms with van der Waals surface area (Å²) in [7, 11) is 0. The van der Waals surface area contributed by atoms with E-state index < -0.39 is 17.8 Å². The lowest BCUT2D eigenvalue weighted by atomic mass is 9.97. The standard InChI is InChI=1S/C14H16F3NO2/c1-8-6-9(14(15,16)17)2-4-11(8)13(19)12-5-3-10(7-18)20-12/h2,4,6,10,12H,3,5,7,18H2,1H3. The van der Waals surface area contributed by atoms with E-state index in [1.807, 2.05) is 0 Å². The minimum Gasteiger partial charge on any atom is -0.366 e. The van der Waals surface area contributed by atoms with Crippen LogP contribution in [0.25, 0.3) is 0 Å². The van der Waals surface area contributed by atoms with Crippen LogP contribution in [0.2, 0.25) is 0 Å². The number of benzene rings is 1. The molecule has 0 aromatic heterocycles. The smallest absolute Gasteiger partial charge is 0.366 e. The zero-order chi connectivity index (χ0) is 14.9. The summed E-state index contributed by atoms with van der Waals surface area (Å²) in [5.41, 5.74) is 5.31. The number of aryl methyl sites for hydroxylation is 1. The lowest BCUT2D eigenvalue weighted by Crippen LogP contribution is -2.25. The van der Waals surface area contributed by atoms with Crippen molar-refractivity contribution in [2.24, 2.45) is 5.73 Å². The predicted molar refractivity (Wildman–Crippen MR) is 67.5 cm³/mol. The van der Waals surface area contributed by atoms with Crippen LogP contribution in [-0.4, -0.2) is 24.5 Å². The van der Waals surface area contributed by atoms with Gasteiger partial charge in [-0.05, 0) is 37.5 Å². The third-order valence-electron chi connectivity index (χ3n) is 3.48. The van der Waals surface area contributed by atoms with E-state index >= 15 is 0 Å². The zero-order valence-electron chi connectivity index (χ0n) is 11.0. The largest absolute Gasteiger partial charge is 0.416 e. The molecule has 0 aliphatic carbocycles. The Morgan fingerprint density at radius 1 is 1.40 bits per heavy atom. The van der Waals surface area contributed by atoms with Crippen LogP contribution in [0.1, 0.15) is 34.3 Å². The number of hydrogen-bond acceptors (Lipinski definition) is 3. The first kappa shape index (κ1) is 15.0. The van der Waals surface area contributed by atoms with E-state index in [0.717, 1.165) is 12.1 Å². The van der Waals surface area contributed by atoms with Crippen LogP contribution in [0.5, 0.6) is 0 Å². The summed E-state index contributed by atoms with van der Waals surface area (Å²) in [6.45, 7) is 1.84. The molecule has 3 nitrogen and oxygen atoms in total. The van der Waals surface area contributed by atoms with Gasteiger partial charge in [0.2, 0.25) is 0 Å². The molecular formula is C14H16F3NO2. The van der Waals surface area contributed by atoms with E-state index in [9.17, 15) is 18.0 Å². The quantitative estimate of drug-likeness (QED) is 0.870. The number of halogens is 3. The van der Waals surface area contributed by atoms with Gasteiger partial charge in [-0.3, -0.25) is 4.79 Å². The summed E-state index contributed by atoms with van der Waals surface area (Å²) >= 11 is 0. The van der Waals surface area contributed by atoms with Crippen LogP contribution in [-0.2, 0) is 10.9 Å². The summed E-state index contributed by atoms with van der Waals surface area (Å²) in [6.07, 6.45) is -3.88. The Morgan fingerprint density at radius 2 is 2.10 bits per heavy atom. The maximum Gasteiger partial charge on any atom is 0.416 e. The first-order valence-electron chi connectivity index (χ1n) is 6.40. The second-order valence-corrected chi connectivity index (χ2v) is 4.95. The Bertz CT molecular complexity index is 514. The van der Waals surface area contributed by atoms with Crippen molar-refractivity contribution in [3.8, 4) is 0 Å². The SMILES string of the molecule is Cc1cc(C(F)(F)F)ccc1C(=O)C1CCC(CN)O1. The monoisotopic (exact) mass is 287 g/mol. The average molecular weight is 287 g/mol. The molecule has 1 aliphatic heterocycles. The van der Waals surface area contributed by atoms with E-state index in [0.29, 0.717) is 24.9 Å². The van der Waals surface area contributed by atoms with Crippen molar-refractivity contribution in [2.45, 2.75) is 38.1 Å². The van der Waals surface area contributed by atoms with E-state index in [1.165, 1.54) is 13.0 Å². The maximum absolute atomic E-state index is 12.6. The molecule has 1 fully saturated rings. The second kappa shape index (κ2) is 5.54. The average Bonchev–Trinajstić information content (AvgIpc) is 2.85. The topological polar surface area (TPSA) is 52.3 Å². The Hall–Kier alpha value is -1.40. The molecule has 2 N–H and O–H groups in total. The molecule has 0 spiro atoms. The summed E-state index contributed by atoms with van der Waals surface area (Å²) in [6, 6.07) is 3.14. The number of nitrogens with two attached hydrogens (primary N) is 1. The van der Waals surface area contributed by atoms with Crippen molar-refractivity contribution in [3.63, 3.8) is 0 Å². The number of carbonyl (C=O) groups excluding carboxylic acids is 1. The van der Waals surface area contributed by atoms with Gasteiger partial charge in [0.05, 0.1) is 11.7 Å². The molecule has 2 atom stereocenters. The molecule has 2 rings (SSSR count). The van der Waals surface area contributed by atoms with Crippen molar-refractivity contribution >= 4 is 5.78 Å². The molecule has 20 heavy (non-hydrogen) atoms. The summed E-state index contributed by atoms with van der Waals surface area (Å²) in [5.74, 6) is -0.271. The highest BCUT2D eigenvalue weighted by Crippen LogP contribution is 2.31. The molecule has 6 heteroatoms. The predicted octanol–water partition coefficient (Wildman–Crippen LogP) is 2.70. The fraction of sp³-hybridized carbons (Fsp3) is 0.500. The van der Waals surface area contributed by atoms with Gasteiger partial charge in [0, 0.05) is 12.1 Å². The zero-order valence-corrected chi connectivity index (χ0v) is 11.0. The summed E-state index contributed by atoms with van der Waals surface area (Å²) in [5, 5.41) is 0. The van der Waals surface area contributed by atoms with Crippen LogP contribution in [0, 0.1) is 6.92 Å². The first-order chi connectivity index (χ1) is 9.32. The molecule has 1 aliphatic rings. The van der Waals surface area contributed by atoms with Crippen molar-refractivity contribution in [1.29, 1.82) is 0 Å². The van der Waals surface area contributed by atoms with E-state index in [4.69, 9.17) is 10.5 Å². The summed E-state index contributed by atoms with van der Waals surface area (Å²) in [4.78, 5) is 12.2. The molecule has 0 amide bonds. The number of Topliss-reactive ketones (excluding diaryl/α,β-unsaturated/α-hetero) is 1. The molecule has 1 aromatic carbocycles. The first-order valence-corrected chi connectivity index (χ1v) is 6.40. The van der Waals surface area contributed by atoms with Crippen LogP contribution in [0.3, 0.4) is 0 Å². The Balaban J connectivity index is 2.19. The molecule has 2 unspecified atom stereocenters. The van der Waals surface area contributed by atoms with Gasteiger partial charge >= 0.3 is 6.18 Å². The van der Waals surface area contributed by atoms with Gasteiger partial charge < -0.3 is 10.5 Å². The van der Waals surface area contributed by atoms with Gasteiger partial charge in [-0.1, -0.05) is 6.07 Å². The molecule has 1 aromatic rings. The third-order valence-corrected chi connectivity index (χ3v) is 3.48.